The summed E-state index contributed by atoms with van der Waals surface area (Å²) in [7, 11) is 9.65. The molecule has 3 aromatic rings. The summed E-state index contributed by atoms with van der Waals surface area (Å²) in [5.74, 6) is 5.05. The zero-order valence-corrected chi connectivity index (χ0v) is 20.6. The van der Waals surface area contributed by atoms with Gasteiger partial charge >= 0.3 is 0 Å². The van der Waals surface area contributed by atoms with E-state index in [4.69, 9.17) is 33.2 Å². The Morgan fingerprint density at radius 3 is 1.74 bits per heavy atom. The highest BCUT2D eigenvalue weighted by atomic mass is 16.5. The number of rotatable bonds is 8. The predicted octanol–water partition coefficient (Wildman–Crippen LogP) is 5.76. The van der Waals surface area contributed by atoms with E-state index >= 15 is 0 Å². The zero-order valence-electron chi connectivity index (χ0n) is 20.6. The molecule has 0 spiro atoms. The van der Waals surface area contributed by atoms with Gasteiger partial charge in [0.05, 0.1) is 42.7 Å². The van der Waals surface area contributed by atoms with Gasteiger partial charge in [-0.25, -0.2) is 0 Å². The van der Waals surface area contributed by atoms with Crippen molar-refractivity contribution in [3.05, 3.63) is 70.8 Å². The van der Waals surface area contributed by atoms with E-state index in [1.807, 2.05) is 60.7 Å². The van der Waals surface area contributed by atoms with Crippen LogP contribution in [0.25, 0.3) is 23.7 Å². The second kappa shape index (κ2) is 10.3. The molecule has 1 heterocycles. The van der Waals surface area contributed by atoms with Gasteiger partial charge in [0.15, 0.2) is 34.5 Å². The summed E-state index contributed by atoms with van der Waals surface area (Å²) in [5, 5.41) is 0. The van der Waals surface area contributed by atoms with Crippen LogP contribution in [0.5, 0.6) is 34.5 Å². The summed E-state index contributed by atoms with van der Waals surface area (Å²) in [4.78, 5) is 0. The molecule has 1 aliphatic rings. The van der Waals surface area contributed by atoms with E-state index < -0.39 is 0 Å². The lowest BCUT2D eigenvalue weighted by Crippen LogP contribution is -2.04. The molecule has 0 radical (unpaired) electrons. The third-order valence-electron chi connectivity index (χ3n) is 5.70. The van der Waals surface area contributed by atoms with E-state index in [1.54, 1.807) is 42.7 Å². The van der Waals surface area contributed by atoms with Gasteiger partial charge in [-0.2, -0.15) is 0 Å². The van der Waals surface area contributed by atoms with Crippen molar-refractivity contribution in [2.24, 2.45) is 0 Å². The van der Waals surface area contributed by atoms with Gasteiger partial charge in [-0.1, -0.05) is 6.07 Å². The van der Waals surface area contributed by atoms with E-state index in [0.717, 1.165) is 22.3 Å². The third-order valence-corrected chi connectivity index (χ3v) is 5.70. The van der Waals surface area contributed by atoms with Crippen molar-refractivity contribution in [2.45, 2.75) is 0 Å². The maximum atomic E-state index is 6.44. The highest BCUT2D eigenvalue weighted by molar-refractivity contribution is 5.94. The van der Waals surface area contributed by atoms with Gasteiger partial charge in [-0.05, 0) is 65.7 Å². The molecule has 182 valence electrons. The molecule has 7 nitrogen and oxygen atoms in total. The second-order valence-electron chi connectivity index (χ2n) is 7.60. The first-order valence-electron chi connectivity index (χ1n) is 10.9. The van der Waals surface area contributed by atoms with Crippen molar-refractivity contribution in [2.75, 3.05) is 42.7 Å². The van der Waals surface area contributed by atoms with Gasteiger partial charge in [0.25, 0.3) is 0 Å². The van der Waals surface area contributed by atoms with Gasteiger partial charge in [0.1, 0.15) is 11.5 Å². The van der Waals surface area contributed by atoms with E-state index in [2.05, 4.69) is 0 Å². The summed E-state index contributed by atoms with van der Waals surface area (Å²) in [6, 6.07) is 15.2. The largest absolute Gasteiger partial charge is 0.493 e. The van der Waals surface area contributed by atoms with Gasteiger partial charge < -0.3 is 33.2 Å². The van der Waals surface area contributed by atoms with Crippen LogP contribution < -0.4 is 28.4 Å². The first-order chi connectivity index (χ1) is 17.0. The van der Waals surface area contributed by atoms with Crippen LogP contribution in [0.4, 0.5) is 0 Å². The molecule has 0 saturated carbocycles. The van der Waals surface area contributed by atoms with Crippen LogP contribution in [0.1, 0.15) is 22.3 Å². The molecule has 0 aliphatic carbocycles. The van der Waals surface area contributed by atoms with Crippen molar-refractivity contribution in [3.8, 4) is 34.5 Å². The van der Waals surface area contributed by atoms with Gasteiger partial charge in [0, 0.05) is 11.1 Å². The maximum absolute atomic E-state index is 6.44. The Hall–Kier alpha value is -4.26. The van der Waals surface area contributed by atoms with Crippen molar-refractivity contribution < 1.29 is 33.2 Å². The van der Waals surface area contributed by atoms with Crippen LogP contribution in [0, 0.1) is 0 Å². The number of hydrogen-bond acceptors (Lipinski definition) is 7. The Bertz CT molecular complexity index is 1290. The predicted molar refractivity (Wildman–Crippen MR) is 135 cm³/mol. The second-order valence-corrected chi connectivity index (χ2v) is 7.60. The molecule has 0 amide bonds. The van der Waals surface area contributed by atoms with Crippen LogP contribution in [0.15, 0.2) is 48.5 Å². The topological polar surface area (TPSA) is 64.6 Å². The minimum atomic E-state index is 0.607. The fourth-order valence-electron chi connectivity index (χ4n) is 3.90. The molecule has 0 bridgehead atoms. The molecule has 0 unspecified atom stereocenters. The highest BCUT2D eigenvalue weighted by Crippen LogP contribution is 2.43. The van der Waals surface area contributed by atoms with Crippen molar-refractivity contribution in [1.29, 1.82) is 0 Å². The smallest absolute Gasteiger partial charge is 0.161 e. The molecular formula is C28H28O7. The molecule has 0 atom stereocenters. The lowest BCUT2D eigenvalue weighted by molar-refractivity contribution is 0.354. The van der Waals surface area contributed by atoms with Crippen LogP contribution >= 0.6 is 0 Å². The standard InChI is InChI=1S/C28H28O7/c1-29-21-9-7-17(12-25(21)31-3)11-24-20-16-28(34-6)27(33-5)15-19(20)14-23(35-24)18-8-10-22(30-2)26(13-18)32-4/h7-16H,1-6H3/b24-11-. The summed E-state index contributed by atoms with van der Waals surface area (Å²) in [6.45, 7) is 0. The molecule has 3 aromatic carbocycles. The first-order valence-corrected chi connectivity index (χ1v) is 10.9. The molecule has 4 rings (SSSR count). The lowest BCUT2D eigenvalue weighted by Gasteiger charge is -2.23. The normalized spacial score (nSPS) is 13.3. The molecule has 0 N–H and O–H groups in total. The van der Waals surface area contributed by atoms with Crippen molar-refractivity contribution >= 4 is 23.7 Å². The summed E-state index contributed by atoms with van der Waals surface area (Å²) < 4.78 is 39.2. The number of ether oxygens (including phenoxy) is 7. The summed E-state index contributed by atoms with van der Waals surface area (Å²) >= 11 is 0. The van der Waals surface area contributed by atoms with E-state index in [1.165, 1.54) is 0 Å². The Balaban J connectivity index is 1.87. The van der Waals surface area contributed by atoms with Gasteiger partial charge in [0.2, 0.25) is 0 Å². The third kappa shape index (κ3) is 4.71. The monoisotopic (exact) mass is 476 g/mol. The summed E-state index contributed by atoms with van der Waals surface area (Å²) in [6.07, 6.45) is 3.91. The quantitative estimate of drug-likeness (QED) is 0.409. The molecule has 0 fully saturated rings. The number of benzene rings is 3. The van der Waals surface area contributed by atoms with E-state index in [-0.39, 0.29) is 0 Å². The minimum Gasteiger partial charge on any atom is -0.493 e. The van der Waals surface area contributed by atoms with Crippen LogP contribution in [0.3, 0.4) is 0 Å². The molecule has 35 heavy (non-hydrogen) atoms. The first kappa shape index (κ1) is 23.9. The average molecular weight is 477 g/mol. The highest BCUT2D eigenvalue weighted by Gasteiger charge is 2.23. The van der Waals surface area contributed by atoms with Gasteiger partial charge in [-0.3, -0.25) is 0 Å². The maximum Gasteiger partial charge on any atom is 0.161 e. The SMILES string of the molecule is COc1ccc(/C=C2\OC(c3ccc(OC)c(OC)c3)=Cc3cc(OC)c(OC)cc32)cc1OC. The Morgan fingerprint density at radius 2 is 1.11 bits per heavy atom. The molecular weight excluding hydrogens is 448 g/mol. The fraction of sp³-hybridized carbons (Fsp3) is 0.214. The fourth-order valence-corrected chi connectivity index (χ4v) is 3.90. The van der Waals surface area contributed by atoms with Crippen molar-refractivity contribution in [1.82, 2.24) is 0 Å². The minimum absolute atomic E-state index is 0.607. The average Bonchev–Trinajstić information content (AvgIpc) is 2.91. The number of methoxy groups -OCH3 is 6. The van der Waals surface area contributed by atoms with Gasteiger partial charge in [-0.15, -0.1) is 0 Å². The van der Waals surface area contributed by atoms with Crippen LogP contribution in [-0.2, 0) is 4.74 Å². The number of hydrogen-bond donors (Lipinski definition) is 0. The number of fused-ring (bicyclic) bond motifs is 1. The molecule has 7 heteroatoms. The van der Waals surface area contributed by atoms with E-state index in [9.17, 15) is 0 Å². The van der Waals surface area contributed by atoms with Crippen molar-refractivity contribution in [3.63, 3.8) is 0 Å². The van der Waals surface area contributed by atoms with Crippen LogP contribution in [0.2, 0.25) is 0 Å². The Kier molecular flexibility index (Phi) is 7.06. The molecule has 0 aromatic heterocycles. The Labute approximate surface area is 205 Å². The lowest BCUT2D eigenvalue weighted by atomic mass is 9.98. The molecule has 1 aliphatic heterocycles. The zero-order chi connectivity index (χ0) is 24.9. The van der Waals surface area contributed by atoms with Crippen LogP contribution in [-0.4, -0.2) is 42.7 Å². The molecule has 0 saturated heterocycles. The summed E-state index contributed by atoms with van der Waals surface area (Å²) in [5.41, 5.74) is 3.50. The Morgan fingerprint density at radius 1 is 0.571 bits per heavy atom. The van der Waals surface area contributed by atoms with E-state index in [0.29, 0.717) is 46.0 Å².